The van der Waals surface area contributed by atoms with Gasteiger partial charge in [0.15, 0.2) is 0 Å². The molecule has 3 nitrogen and oxygen atoms in total. The summed E-state index contributed by atoms with van der Waals surface area (Å²) in [6.07, 6.45) is 3.35. The van der Waals surface area contributed by atoms with E-state index in [9.17, 15) is 9.90 Å². The summed E-state index contributed by atoms with van der Waals surface area (Å²) in [5, 5.41) is 9.84. The molecule has 1 N–H and O–H groups in total. The van der Waals surface area contributed by atoms with Gasteiger partial charge in [-0.2, -0.15) is 0 Å². The Morgan fingerprint density at radius 3 is 2.61 bits per heavy atom. The molecule has 3 heteroatoms. The third-order valence-corrected chi connectivity index (χ3v) is 3.86. The number of likely N-dealkylation sites (tertiary alicyclic amines) is 1. The van der Waals surface area contributed by atoms with E-state index in [1.165, 1.54) is 6.42 Å². The topological polar surface area (TPSA) is 40.5 Å². The average Bonchev–Trinajstić information content (AvgIpc) is 2.38. The third-order valence-electron chi connectivity index (χ3n) is 3.86. The molecular formula is C15H21NO2. The summed E-state index contributed by atoms with van der Waals surface area (Å²) >= 11 is 0. The Balaban J connectivity index is 2.08. The van der Waals surface area contributed by atoms with Gasteiger partial charge >= 0.3 is 0 Å². The Labute approximate surface area is 108 Å². The maximum Gasteiger partial charge on any atom is 0.257 e. The maximum atomic E-state index is 12.3. The van der Waals surface area contributed by atoms with Gasteiger partial charge in [-0.05, 0) is 43.4 Å². The molecule has 0 saturated carbocycles. The summed E-state index contributed by atoms with van der Waals surface area (Å²) in [4.78, 5) is 14.2. The molecule has 18 heavy (non-hydrogen) atoms. The van der Waals surface area contributed by atoms with Crippen LogP contribution < -0.4 is 0 Å². The van der Waals surface area contributed by atoms with Crippen LogP contribution in [0.5, 0.6) is 5.75 Å². The van der Waals surface area contributed by atoms with Gasteiger partial charge in [0.2, 0.25) is 0 Å². The zero-order valence-corrected chi connectivity index (χ0v) is 11.1. The van der Waals surface area contributed by atoms with Gasteiger partial charge in [0.1, 0.15) is 5.75 Å². The number of carbonyl (C=O) groups excluding carboxylic acids is 1. The van der Waals surface area contributed by atoms with Crippen LogP contribution in [-0.2, 0) is 0 Å². The highest BCUT2D eigenvalue weighted by Crippen LogP contribution is 2.24. The highest BCUT2D eigenvalue weighted by molar-refractivity contribution is 5.96. The molecule has 98 valence electrons. The summed E-state index contributed by atoms with van der Waals surface area (Å²) in [6, 6.07) is 5.23. The molecule has 1 aliphatic heterocycles. The standard InChI is InChI=1S/C15H21NO2/c1-3-12-6-8-16(9-7-12)15(18)13-5-4-11(2)10-14(13)17/h4-5,10,12,17H,3,6-9H2,1-2H3. The molecule has 1 saturated heterocycles. The van der Waals surface area contributed by atoms with Crippen LogP contribution in [0.25, 0.3) is 0 Å². The largest absolute Gasteiger partial charge is 0.507 e. The molecule has 0 aromatic heterocycles. The van der Waals surface area contributed by atoms with Crippen molar-refractivity contribution < 1.29 is 9.90 Å². The normalized spacial score (nSPS) is 16.9. The Hall–Kier alpha value is -1.51. The van der Waals surface area contributed by atoms with Gasteiger partial charge in [-0.1, -0.05) is 19.4 Å². The fraction of sp³-hybridized carbons (Fsp3) is 0.533. The molecule has 1 heterocycles. The van der Waals surface area contributed by atoms with Gasteiger partial charge in [0, 0.05) is 13.1 Å². The van der Waals surface area contributed by atoms with Crippen LogP contribution in [0.3, 0.4) is 0 Å². The number of nitrogens with zero attached hydrogens (tertiary/aromatic N) is 1. The van der Waals surface area contributed by atoms with Gasteiger partial charge in [0.05, 0.1) is 5.56 Å². The van der Waals surface area contributed by atoms with Crippen molar-refractivity contribution in [2.24, 2.45) is 5.92 Å². The van der Waals surface area contributed by atoms with Crippen LogP contribution >= 0.6 is 0 Å². The third kappa shape index (κ3) is 2.66. The predicted molar refractivity (Wildman–Crippen MR) is 71.8 cm³/mol. The summed E-state index contributed by atoms with van der Waals surface area (Å²) in [7, 11) is 0. The molecule has 0 spiro atoms. The van der Waals surface area contributed by atoms with E-state index in [2.05, 4.69) is 6.92 Å². The first-order chi connectivity index (χ1) is 8.61. The second kappa shape index (κ2) is 5.42. The Kier molecular flexibility index (Phi) is 3.90. The average molecular weight is 247 g/mol. The van der Waals surface area contributed by atoms with Crippen LogP contribution in [0, 0.1) is 12.8 Å². The fourth-order valence-electron chi connectivity index (χ4n) is 2.54. The Morgan fingerprint density at radius 2 is 2.06 bits per heavy atom. The van der Waals surface area contributed by atoms with Gasteiger partial charge in [-0.25, -0.2) is 0 Å². The Morgan fingerprint density at radius 1 is 1.39 bits per heavy atom. The lowest BCUT2D eigenvalue weighted by atomic mass is 9.94. The predicted octanol–water partition coefficient (Wildman–Crippen LogP) is 2.96. The van der Waals surface area contributed by atoms with Crippen LogP contribution in [0.2, 0.25) is 0 Å². The summed E-state index contributed by atoms with van der Waals surface area (Å²) in [5.41, 5.74) is 1.39. The van der Waals surface area contributed by atoms with Gasteiger partial charge < -0.3 is 10.0 Å². The first kappa shape index (κ1) is 12.9. The molecule has 1 amide bonds. The minimum atomic E-state index is -0.0398. The van der Waals surface area contributed by atoms with Crippen molar-refractivity contribution in [1.82, 2.24) is 4.90 Å². The van der Waals surface area contributed by atoms with Crippen molar-refractivity contribution in [1.29, 1.82) is 0 Å². The van der Waals surface area contributed by atoms with E-state index >= 15 is 0 Å². The second-order valence-electron chi connectivity index (χ2n) is 5.16. The van der Waals surface area contributed by atoms with E-state index in [1.54, 1.807) is 12.1 Å². The van der Waals surface area contributed by atoms with E-state index in [4.69, 9.17) is 0 Å². The number of aromatic hydroxyl groups is 1. The summed E-state index contributed by atoms with van der Waals surface area (Å²) in [6.45, 7) is 5.73. The molecule has 1 aliphatic rings. The lowest BCUT2D eigenvalue weighted by Gasteiger charge is -2.31. The highest BCUT2D eigenvalue weighted by atomic mass is 16.3. The monoisotopic (exact) mass is 247 g/mol. The molecular weight excluding hydrogens is 226 g/mol. The molecule has 0 bridgehead atoms. The first-order valence-corrected chi connectivity index (χ1v) is 6.70. The maximum absolute atomic E-state index is 12.3. The number of hydrogen-bond acceptors (Lipinski definition) is 2. The number of benzene rings is 1. The zero-order valence-electron chi connectivity index (χ0n) is 11.1. The number of phenolic OH excluding ortho intramolecular Hbond substituents is 1. The van der Waals surface area contributed by atoms with Gasteiger partial charge in [-0.15, -0.1) is 0 Å². The summed E-state index contributed by atoms with van der Waals surface area (Å²) in [5.74, 6) is 0.806. The van der Waals surface area contributed by atoms with Crippen molar-refractivity contribution in [3.63, 3.8) is 0 Å². The van der Waals surface area contributed by atoms with Gasteiger partial charge in [-0.3, -0.25) is 4.79 Å². The SMILES string of the molecule is CCC1CCN(C(=O)c2ccc(C)cc2O)CC1. The minimum absolute atomic E-state index is 0.0398. The van der Waals surface area contributed by atoms with Crippen LogP contribution in [0.15, 0.2) is 18.2 Å². The molecule has 2 rings (SSSR count). The number of rotatable bonds is 2. The molecule has 0 aliphatic carbocycles. The minimum Gasteiger partial charge on any atom is -0.507 e. The van der Waals surface area contributed by atoms with Crippen molar-refractivity contribution >= 4 is 5.91 Å². The first-order valence-electron chi connectivity index (χ1n) is 6.70. The van der Waals surface area contributed by atoms with Crippen molar-refractivity contribution in [3.05, 3.63) is 29.3 Å². The van der Waals surface area contributed by atoms with Crippen LogP contribution in [0.4, 0.5) is 0 Å². The van der Waals surface area contributed by atoms with E-state index in [-0.39, 0.29) is 11.7 Å². The number of amides is 1. The van der Waals surface area contributed by atoms with E-state index in [0.29, 0.717) is 5.56 Å². The molecule has 1 aromatic carbocycles. The zero-order chi connectivity index (χ0) is 13.1. The fourth-order valence-corrected chi connectivity index (χ4v) is 2.54. The Bertz CT molecular complexity index is 434. The molecule has 0 unspecified atom stereocenters. The van der Waals surface area contributed by atoms with Crippen molar-refractivity contribution in [3.8, 4) is 5.75 Å². The molecule has 0 atom stereocenters. The van der Waals surface area contributed by atoms with E-state index in [0.717, 1.165) is 37.4 Å². The molecule has 1 aromatic rings. The number of hydrogen-bond donors (Lipinski definition) is 1. The van der Waals surface area contributed by atoms with Crippen molar-refractivity contribution in [2.75, 3.05) is 13.1 Å². The number of aryl methyl sites for hydroxylation is 1. The number of carbonyl (C=O) groups is 1. The smallest absolute Gasteiger partial charge is 0.257 e. The molecule has 0 radical (unpaired) electrons. The molecule has 1 fully saturated rings. The highest BCUT2D eigenvalue weighted by Gasteiger charge is 2.24. The van der Waals surface area contributed by atoms with Crippen LogP contribution in [-0.4, -0.2) is 29.0 Å². The number of piperidine rings is 1. The van der Waals surface area contributed by atoms with Gasteiger partial charge in [0.25, 0.3) is 5.91 Å². The van der Waals surface area contributed by atoms with Crippen molar-refractivity contribution in [2.45, 2.75) is 33.1 Å². The van der Waals surface area contributed by atoms with E-state index < -0.39 is 0 Å². The summed E-state index contributed by atoms with van der Waals surface area (Å²) < 4.78 is 0. The van der Waals surface area contributed by atoms with Crippen LogP contribution in [0.1, 0.15) is 42.1 Å². The second-order valence-corrected chi connectivity index (χ2v) is 5.16. The quantitative estimate of drug-likeness (QED) is 0.872. The lowest BCUT2D eigenvalue weighted by molar-refractivity contribution is 0.0686. The lowest BCUT2D eigenvalue weighted by Crippen LogP contribution is -2.38. The number of phenols is 1. The van der Waals surface area contributed by atoms with E-state index in [1.807, 2.05) is 17.9 Å².